The van der Waals surface area contributed by atoms with Gasteiger partial charge in [-0.15, -0.1) is 11.8 Å². The Kier molecular flexibility index (Phi) is 6.30. The number of thioether (sulfide) groups is 1. The molecule has 1 aromatic heterocycles. The third kappa shape index (κ3) is 5.32. The quantitative estimate of drug-likeness (QED) is 0.449. The van der Waals surface area contributed by atoms with Gasteiger partial charge in [-0.25, -0.2) is 9.97 Å². The molecular weight excluding hydrogens is 387 g/mol. The van der Waals surface area contributed by atoms with Crippen LogP contribution in [0.4, 0.5) is 18.9 Å². The summed E-state index contributed by atoms with van der Waals surface area (Å²) in [5, 5.41) is 3.03. The highest BCUT2D eigenvalue weighted by atomic mass is 32.2. The van der Waals surface area contributed by atoms with Crippen LogP contribution in [-0.2, 0) is 11.0 Å². The first-order valence-corrected chi connectivity index (χ1v) is 9.38. The molecule has 1 N–H and O–H groups in total. The monoisotopic (exact) mass is 403 g/mol. The second kappa shape index (κ2) is 8.88. The van der Waals surface area contributed by atoms with Gasteiger partial charge in [0.15, 0.2) is 0 Å². The number of nitrogens with zero attached hydrogens (tertiary/aromatic N) is 2. The number of carbonyl (C=O) groups excluding carboxylic acids is 1. The van der Waals surface area contributed by atoms with Crippen molar-refractivity contribution in [2.45, 2.75) is 17.6 Å². The molecule has 0 saturated heterocycles. The molecule has 0 radical (unpaired) electrons. The highest BCUT2D eigenvalue weighted by Gasteiger charge is 2.33. The summed E-state index contributed by atoms with van der Waals surface area (Å²) in [6, 6.07) is 16.3. The molecule has 0 bridgehead atoms. The first kappa shape index (κ1) is 19.9. The number of aromatic nitrogens is 2. The third-order valence-electron chi connectivity index (χ3n) is 3.80. The van der Waals surface area contributed by atoms with Crippen LogP contribution in [0.1, 0.15) is 12.0 Å². The fourth-order valence-electron chi connectivity index (χ4n) is 2.49. The van der Waals surface area contributed by atoms with Crippen molar-refractivity contribution in [3.8, 4) is 11.3 Å². The van der Waals surface area contributed by atoms with Crippen molar-refractivity contribution in [1.82, 2.24) is 9.97 Å². The fraction of sp³-hybridized carbons (Fsp3) is 0.150. The molecular formula is C20H16F3N3OS. The Hall–Kier alpha value is -2.87. The summed E-state index contributed by atoms with van der Waals surface area (Å²) in [5.74, 6) is -0.104. The molecule has 144 valence electrons. The molecule has 1 heterocycles. The number of carbonyl (C=O) groups is 1. The highest BCUT2D eigenvalue weighted by molar-refractivity contribution is 7.99. The lowest BCUT2D eigenvalue weighted by Gasteiger charge is -2.13. The normalized spacial score (nSPS) is 11.2. The van der Waals surface area contributed by atoms with Gasteiger partial charge in [-0.3, -0.25) is 4.79 Å². The van der Waals surface area contributed by atoms with Crippen LogP contribution in [0.25, 0.3) is 11.3 Å². The minimum atomic E-state index is -4.52. The Balaban J connectivity index is 1.57. The molecule has 0 aliphatic heterocycles. The molecule has 0 spiro atoms. The third-order valence-corrected chi connectivity index (χ3v) is 4.72. The van der Waals surface area contributed by atoms with Crippen LogP contribution in [0.15, 0.2) is 72.0 Å². The zero-order chi connectivity index (χ0) is 20.0. The number of halogens is 3. The van der Waals surface area contributed by atoms with E-state index in [1.54, 1.807) is 0 Å². The smallest absolute Gasteiger partial charge is 0.325 e. The topological polar surface area (TPSA) is 54.9 Å². The molecule has 3 rings (SSSR count). The first-order valence-electron chi connectivity index (χ1n) is 8.40. The number of rotatable bonds is 6. The lowest BCUT2D eigenvalue weighted by molar-refractivity contribution is -0.137. The van der Waals surface area contributed by atoms with Crippen LogP contribution >= 0.6 is 11.8 Å². The van der Waals surface area contributed by atoms with E-state index < -0.39 is 17.6 Å². The van der Waals surface area contributed by atoms with E-state index in [2.05, 4.69) is 15.3 Å². The van der Waals surface area contributed by atoms with Gasteiger partial charge in [-0.05, 0) is 18.2 Å². The van der Waals surface area contributed by atoms with Gasteiger partial charge in [0, 0.05) is 17.7 Å². The number of hydrogen-bond donors (Lipinski definition) is 1. The first-order chi connectivity index (χ1) is 13.4. The number of amides is 1. The van der Waals surface area contributed by atoms with E-state index in [0.717, 1.165) is 17.3 Å². The van der Waals surface area contributed by atoms with Crippen LogP contribution in [0.3, 0.4) is 0 Å². The number of anilines is 1. The Morgan fingerprint density at radius 3 is 2.46 bits per heavy atom. The minimum Gasteiger partial charge on any atom is -0.325 e. The van der Waals surface area contributed by atoms with E-state index in [4.69, 9.17) is 0 Å². The second-order valence-corrected chi connectivity index (χ2v) is 6.91. The van der Waals surface area contributed by atoms with Gasteiger partial charge in [0.05, 0.1) is 22.0 Å². The molecule has 8 heteroatoms. The molecule has 0 atom stereocenters. The van der Waals surface area contributed by atoms with Gasteiger partial charge >= 0.3 is 6.18 Å². The summed E-state index contributed by atoms with van der Waals surface area (Å²) in [6.45, 7) is 0. The van der Waals surface area contributed by atoms with Gasteiger partial charge in [-0.2, -0.15) is 13.2 Å². The Bertz CT molecular complexity index is 949. The summed E-state index contributed by atoms with van der Waals surface area (Å²) >= 11 is 1.34. The van der Waals surface area contributed by atoms with Gasteiger partial charge in [0.1, 0.15) is 6.33 Å². The van der Waals surface area contributed by atoms with Crippen LogP contribution in [0.2, 0.25) is 0 Å². The number of para-hydroxylation sites is 1. The van der Waals surface area contributed by atoms with Crippen LogP contribution in [0, 0.1) is 0 Å². The Morgan fingerprint density at radius 1 is 1.00 bits per heavy atom. The largest absolute Gasteiger partial charge is 0.418 e. The van der Waals surface area contributed by atoms with Crippen LogP contribution < -0.4 is 5.32 Å². The summed E-state index contributed by atoms with van der Waals surface area (Å²) < 4.78 is 38.9. The molecule has 0 fully saturated rings. The molecule has 28 heavy (non-hydrogen) atoms. The van der Waals surface area contributed by atoms with Crippen molar-refractivity contribution in [3.63, 3.8) is 0 Å². The molecule has 0 unspecified atom stereocenters. The van der Waals surface area contributed by atoms with E-state index in [1.807, 2.05) is 36.4 Å². The maximum absolute atomic E-state index is 13.0. The molecule has 0 saturated carbocycles. The second-order valence-electron chi connectivity index (χ2n) is 5.80. The fourth-order valence-corrected chi connectivity index (χ4v) is 3.30. The maximum atomic E-state index is 13.0. The molecule has 3 aromatic rings. The SMILES string of the molecule is O=C(CCSc1cc(-c2ccccc2)ncn1)Nc1ccccc1C(F)(F)F. The average Bonchev–Trinajstić information content (AvgIpc) is 2.68. The molecule has 4 nitrogen and oxygen atoms in total. The predicted octanol–water partition coefficient (Wildman–Crippen LogP) is 5.28. The summed E-state index contributed by atoms with van der Waals surface area (Å²) in [7, 11) is 0. The predicted molar refractivity (Wildman–Crippen MR) is 103 cm³/mol. The van der Waals surface area contributed by atoms with E-state index >= 15 is 0 Å². The molecule has 2 aromatic carbocycles. The van der Waals surface area contributed by atoms with Gasteiger partial charge in [0.2, 0.25) is 5.91 Å². The number of benzene rings is 2. The standard InChI is InChI=1S/C20H16F3N3OS/c21-20(22,23)15-8-4-5-9-16(15)26-18(27)10-11-28-19-12-17(24-13-25-19)14-6-2-1-3-7-14/h1-9,12-13H,10-11H2,(H,26,27). The summed E-state index contributed by atoms with van der Waals surface area (Å²) in [4.78, 5) is 20.4. The van der Waals surface area contributed by atoms with E-state index in [9.17, 15) is 18.0 Å². The lowest BCUT2D eigenvalue weighted by Crippen LogP contribution is -2.16. The molecule has 1 amide bonds. The van der Waals surface area contributed by atoms with E-state index in [1.165, 1.54) is 36.3 Å². The van der Waals surface area contributed by atoms with E-state index in [0.29, 0.717) is 10.8 Å². The number of hydrogen-bond acceptors (Lipinski definition) is 4. The number of nitrogens with one attached hydrogen (secondary N) is 1. The maximum Gasteiger partial charge on any atom is 0.418 e. The average molecular weight is 403 g/mol. The van der Waals surface area contributed by atoms with Crippen LogP contribution in [0.5, 0.6) is 0 Å². The molecule has 0 aliphatic carbocycles. The minimum absolute atomic E-state index is 0.0571. The van der Waals surface area contributed by atoms with Gasteiger partial charge in [-0.1, -0.05) is 42.5 Å². The van der Waals surface area contributed by atoms with Gasteiger partial charge < -0.3 is 5.32 Å². The number of alkyl halides is 3. The van der Waals surface area contributed by atoms with E-state index in [-0.39, 0.29) is 12.1 Å². The zero-order valence-electron chi connectivity index (χ0n) is 14.6. The van der Waals surface area contributed by atoms with Crippen molar-refractivity contribution < 1.29 is 18.0 Å². The Morgan fingerprint density at radius 2 is 1.71 bits per heavy atom. The van der Waals surface area contributed by atoms with Crippen molar-refractivity contribution in [2.24, 2.45) is 0 Å². The van der Waals surface area contributed by atoms with Crippen molar-refractivity contribution in [1.29, 1.82) is 0 Å². The van der Waals surface area contributed by atoms with Gasteiger partial charge in [0.25, 0.3) is 0 Å². The van der Waals surface area contributed by atoms with Crippen LogP contribution in [-0.4, -0.2) is 21.6 Å². The lowest BCUT2D eigenvalue weighted by atomic mass is 10.1. The Labute approximate surface area is 164 Å². The highest BCUT2D eigenvalue weighted by Crippen LogP contribution is 2.34. The zero-order valence-corrected chi connectivity index (χ0v) is 15.4. The molecule has 0 aliphatic rings. The van der Waals surface area contributed by atoms with Crippen molar-refractivity contribution in [3.05, 3.63) is 72.6 Å². The summed E-state index contributed by atoms with van der Waals surface area (Å²) in [5.41, 5.74) is 0.618. The van der Waals surface area contributed by atoms with Crippen molar-refractivity contribution >= 4 is 23.4 Å². The summed E-state index contributed by atoms with van der Waals surface area (Å²) in [6.07, 6.45) is -3.01. The van der Waals surface area contributed by atoms with Crippen molar-refractivity contribution in [2.75, 3.05) is 11.1 Å².